The minimum absolute atomic E-state index is 0.0103. The molecule has 3 N–H and O–H groups in total. The van der Waals surface area contributed by atoms with E-state index in [9.17, 15) is 4.79 Å². The predicted molar refractivity (Wildman–Crippen MR) is 65.9 cm³/mol. The van der Waals surface area contributed by atoms with Gasteiger partial charge in [-0.3, -0.25) is 4.79 Å². The fourth-order valence-corrected chi connectivity index (χ4v) is 1.41. The van der Waals surface area contributed by atoms with Crippen LogP contribution in [0.25, 0.3) is 0 Å². The van der Waals surface area contributed by atoms with E-state index in [4.69, 9.17) is 0 Å². The van der Waals surface area contributed by atoms with Crippen molar-refractivity contribution in [1.29, 1.82) is 0 Å². The van der Waals surface area contributed by atoms with Crippen molar-refractivity contribution in [2.75, 3.05) is 23.7 Å². The SMILES string of the molecule is CCNc1cc(NCC(=O)NC2CC2)ncn1. The number of hydrogen-bond acceptors (Lipinski definition) is 5. The van der Waals surface area contributed by atoms with Crippen molar-refractivity contribution in [3.05, 3.63) is 12.4 Å². The van der Waals surface area contributed by atoms with Gasteiger partial charge in [0.2, 0.25) is 5.91 Å². The van der Waals surface area contributed by atoms with Crippen molar-refractivity contribution < 1.29 is 4.79 Å². The van der Waals surface area contributed by atoms with Gasteiger partial charge in [0.05, 0.1) is 6.54 Å². The quantitative estimate of drug-likeness (QED) is 0.673. The average Bonchev–Trinajstić information content (AvgIpc) is 3.11. The maximum absolute atomic E-state index is 11.4. The van der Waals surface area contributed by atoms with E-state index >= 15 is 0 Å². The molecule has 0 aromatic carbocycles. The molecule has 1 aromatic rings. The molecule has 0 aliphatic heterocycles. The molecule has 1 saturated carbocycles. The molecule has 92 valence electrons. The molecule has 0 unspecified atom stereocenters. The van der Waals surface area contributed by atoms with Crippen molar-refractivity contribution in [2.24, 2.45) is 0 Å². The third-order valence-electron chi connectivity index (χ3n) is 2.40. The second kappa shape index (κ2) is 5.47. The van der Waals surface area contributed by atoms with Crippen molar-refractivity contribution in [2.45, 2.75) is 25.8 Å². The first-order valence-electron chi connectivity index (χ1n) is 5.87. The summed E-state index contributed by atoms with van der Waals surface area (Å²) in [6.45, 7) is 3.05. The van der Waals surface area contributed by atoms with Crippen LogP contribution in [0.4, 0.5) is 11.6 Å². The summed E-state index contributed by atoms with van der Waals surface area (Å²) in [4.78, 5) is 19.5. The summed E-state index contributed by atoms with van der Waals surface area (Å²) >= 11 is 0. The molecule has 1 aromatic heterocycles. The molecule has 6 heteroatoms. The molecule has 1 amide bonds. The highest BCUT2D eigenvalue weighted by Crippen LogP contribution is 2.18. The van der Waals surface area contributed by atoms with Crippen molar-refractivity contribution in [3.63, 3.8) is 0 Å². The van der Waals surface area contributed by atoms with Crippen LogP contribution in [0.5, 0.6) is 0 Å². The van der Waals surface area contributed by atoms with Gasteiger partial charge >= 0.3 is 0 Å². The van der Waals surface area contributed by atoms with E-state index in [1.54, 1.807) is 6.07 Å². The first-order valence-corrected chi connectivity index (χ1v) is 5.87. The summed E-state index contributed by atoms with van der Waals surface area (Å²) in [5.41, 5.74) is 0. The van der Waals surface area contributed by atoms with Gasteiger partial charge in [0.1, 0.15) is 18.0 Å². The van der Waals surface area contributed by atoms with Gasteiger partial charge in [0.25, 0.3) is 0 Å². The fourth-order valence-electron chi connectivity index (χ4n) is 1.41. The minimum Gasteiger partial charge on any atom is -0.370 e. The Kier molecular flexibility index (Phi) is 3.74. The number of anilines is 2. The highest BCUT2D eigenvalue weighted by molar-refractivity contribution is 5.81. The van der Waals surface area contributed by atoms with E-state index in [-0.39, 0.29) is 12.5 Å². The van der Waals surface area contributed by atoms with Gasteiger partial charge in [-0.05, 0) is 19.8 Å². The van der Waals surface area contributed by atoms with Crippen molar-refractivity contribution in [3.8, 4) is 0 Å². The number of nitrogens with one attached hydrogen (secondary N) is 3. The Morgan fingerprint density at radius 1 is 1.35 bits per heavy atom. The van der Waals surface area contributed by atoms with Gasteiger partial charge in [-0.1, -0.05) is 0 Å². The molecular weight excluding hydrogens is 218 g/mol. The second-order valence-electron chi connectivity index (χ2n) is 4.01. The smallest absolute Gasteiger partial charge is 0.239 e. The zero-order valence-electron chi connectivity index (χ0n) is 9.86. The van der Waals surface area contributed by atoms with E-state index in [0.717, 1.165) is 25.2 Å². The van der Waals surface area contributed by atoms with Gasteiger partial charge in [-0.15, -0.1) is 0 Å². The number of carbonyl (C=O) groups excluding carboxylic acids is 1. The number of nitrogens with zero attached hydrogens (tertiary/aromatic N) is 2. The summed E-state index contributed by atoms with van der Waals surface area (Å²) < 4.78 is 0. The number of amides is 1. The molecule has 1 aliphatic carbocycles. The summed E-state index contributed by atoms with van der Waals surface area (Å²) in [5, 5.41) is 8.96. The highest BCUT2D eigenvalue weighted by Gasteiger charge is 2.22. The standard InChI is InChI=1S/C11H17N5O/c1-2-12-9-5-10(15-7-14-9)13-6-11(17)16-8-3-4-8/h5,7-8H,2-4,6H2,1H3,(H,16,17)(H2,12,13,14,15). The van der Waals surface area contributed by atoms with Crippen LogP contribution in [-0.4, -0.2) is 35.0 Å². The van der Waals surface area contributed by atoms with E-state index in [1.165, 1.54) is 6.33 Å². The molecule has 0 spiro atoms. The van der Waals surface area contributed by atoms with Crippen LogP contribution < -0.4 is 16.0 Å². The first-order chi connectivity index (χ1) is 8.28. The topological polar surface area (TPSA) is 78.9 Å². The Hall–Kier alpha value is -1.85. The molecular formula is C11H17N5O. The Morgan fingerprint density at radius 3 is 2.71 bits per heavy atom. The lowest BCUT2D eigenvalue weighted by Crippen LogP contribution is -2.31. The zero-order valence-corrected chi connectivity index (χ0v) is 9.86. The molecule has 17 heavy (non-hydrogen) atoms. The maximum atomic E-state index is 11.4. The number of hydrogen-bond donors (Lipinski definition) is 3. The predicted octanol–water partition coefficient (Wildman–Crippen LogP) is 0.599. The molecule has 1 aliphatic rings. The van der Waals surface area contributed by atoms with Crippen LogP contribution in [-0.2, 0) is 4.79 Å². The third-order valence-corrected chi connectivity index (χ3v) is 2.40. The summed E-state index contributed by atoms with van der Waals surface area (Å²) in [5.74, 6) is 1.42. The second-order valence-corrected chi connectivity index (χ2v) is 4.01. The van der Waals surface area contributed by atoms with E-state index in [2.05, 4.69) is 25.9 Å². The number of carbonyl (C=O) groups is 1. The lowest BCUT2D eigenvalue weighted by atomic mass is 10.4. The molecule has 2 rings (SSSR count). The minimum atomic E-state index is 0.0103. The number of rotatable bonds is 6. The van der Waals surface area contributed by atoms with Gasteiger partial charge < -0.3 is 16.0 Å². The van der Waals surface area contributed by atoms with Gasteiger partial charge in [-0.25, -0.2) is 9.97 Å². The lowest BCUT2D eigenvalue weighted by molar-refractivity contribution is -0.119. The fraction of sp³-hybridized carbons (Fsp3) is 0.545. The Bertz CT molecular complexity index is 391. The van der Waals surface area contributed by atoms with E-state index < -0.39 is 0 Å². The molecule has 0 bridgehead atoms. The van der Waals surface area contributed by atoms with Crippen LogP contribution in [0.1, 0.15) is 19.8 Å². The van der Waals surface area contributed by atoms with Crippen LogP contribution >= 0.6 is 0 Å². The molecule has 0 radical (unpaired) electrons. The van der Waals surface area contributed by atoms with E-state index in [1.807, 2.05) is 6.92 Å². The summed E-state index contributed by atoms with van der Waals surface area (Å²) in [6.07, 6.45) is 3.67. The maximum Gasteiger partial charge on any atom is 0.239 e. The van der Waals surface area contributed by atoms with Crippen LogP contribution in [0.2, 0.25) is 0 Å². The lowest BCUT2D eigenvalue weighted by Gasteiger charge is -2.07. The number of aromatic nitrogens is 2. The summed E-state index contributed by atoms with van der Waals surface area (Å²) in [7, 11) is 0. The largest absolute Gasteiger partial charge is 0.370 e. The molecule has 1 fully saturated rings. The monoisotopic (exact) mass is 235 g/mol. The molecule has 0 atom stereocenters. The third kappa shape index (κ3) is 3.90. The van der Waals surface area contributed by atoms with Gasteiger partial charge in [-0.2, -0.15) is 0 Å². The Labute approximate surface area is 100 Å². The molecule has 0 saturated heterocycles. The van der Waals surface area contributed by atoms with Gasteiger partial charge in [0.15, 0.2) is 0 Å². The Balaban J connectivity index is 1.80. The van der Waals surface area contributed by atoms with Gasteiger partial charge in [0, 0.05) is 18.7 Å². The summed E-state index contributed by atoms with van der Waals surface area (Å²) in [6, 6.07) is 2.18. The normalized spacial score (nSPS) is 14.2. The van der Waals surface area contributed by atoms with Crippen molar-refractivity contribution in [1.82, 2.24) is 15.3 Å². The first kappa shape index (κ1) is 11.6. The highest BCUT2D eigenvalue weighted by atomic mass is 16.2. The Morgan fingerprint density at radius 2 is 2.06 bits per heavy atom. The van der Waals surface area contributed by atoms with Crippen molar-refractivity contribution >= 4 is 17.5 Å². The van der Waals surface area contributed by atoms with Crippen LogP contribution in [0.3, 0.4) is 0 Å². The molecule has 1 heterocycles. The van der Waals surface area contributed by atoms with E-state index in [0.29, 0.717) is 11.9 Å². The average molecular weight is 235 g/mol. The van der Waals surface area contributed by atoms with Crippen LogP contribution in [0, 0.1) is 0 Å². The zero-order chi connectivity index (χ0) is 12.1. The molecule has 6 nitrogen and oxygen atoms in total. The van der Waals surface area contributed by atoms with Crippen LogP contribution in [0.15, 0.2) is 12.4 Å².